The summed E-state index contributed by atoms with van der Waals surface area (Å²) in [6.07, 6.45) is 0. The van der Waals surface area contributed by atoms with Crippen LogP contribution in [0.4, 0.5) is 0 Å². The Hall–Kier alpha value is -1.80. The van der Waals surface area contributed by atoms with E-state index in [9.17, 15) is 0 Å². The van der Waals surface area contributed by atoms with Crippen molar-refractivity contribution in [1.82, 2.24) is 24.8 Å². The first-order valence-corrected chi connectivity index (χ1v) is 10.8. The molecule has 1 aliphatic rings. The number of hydrogen-bond donors (Lipinski definition) is 1. The minimum atomic E-state index is 0.959. The summed E-state index contributed by atoms with van der Waals surface area (Å²) < 4.78 is 3.68. The Bertz CT molecular complexity index is 1040. The van der Waals surface area contributed by atoms with Crippen molar-refractivity contribution in [2.75, 3.05) is 32.7 Å². The van der Waals surface area contributed by atoms with E-state index in [1.165, 1.54) is 15.1 Å². The molecular formula is C19H21N5S2. The van der Waals surface area contributed by atoms with Crippen LogP contribution in [0.2, 0.25) is 0 Å². The minimum absolute atomic E-state index is 0.959. The fraction of sp³-hybridized carbons (Fsp3) is 0.368. The number of hydrogen-bond acceptors (Lipinski definition) is 6. The lowest BCUT2D eigenvalue weighted by Gasteiger charge is -2.27. The average Bonchev–Trinajstić information content (AvgIpc) is 3.39. The highest BCUT2D eigenvalue weighted by molar-refractivity contribution is 7.18. The molecule has 5 nitrogen and oxygen atoms in total. The Morgan fingerprint density at radius 3 is 2.77 bits per heavy atom. The van der Waals surface area contributed by atoms with Crippen LogP contribution in [0.5, 0.6) is 0 Å². The van der Waals surface area contributed by atoms with E-state index in [4.69, 9.17) is 9.97 Å². The Labute approximate surface area is 160 Å². The quantitative estimate of drug-likeness (QED) is 0.585. The molecule has 0 bridgehead atoms. The van der Waals surface area contributed by atoms with Gasteiger partial charge in [0.15, 0.2) is 5.82 Å². The number of nitrogens with one attached hydrogen (secondary N) is 1. The van der Waals surface area contributed by atoms with Crippen LogP contribution < -0.4 is 5.32 Å². The van der Waals surface area contributed by atoms with E-state index in [-0.39, 0.29) is 0 Å². The van der Waals surface area contributed by atoms with Crippen LogP contribution in [0.3, 0.4) is 0 Å². The summed E-state index contributed by atoms with van der Waals surface area (Å²) in [6.45, 7) is 8.50. The van der Waals surface area contributed by atoms with Gasteiger partial charge >= 0.3 is 0 Å². The van der Waals surface area contributed by atoms with Gasteiger partial charge in [-0.3, -0.25) is 4.90 Å². The predicted molar refractivity (Wildman–Crippen MR) is 110 cm³/mol. The van der Waals surface area contributed by atoms with E-state index in [2.05, 4.69) is 50.7 Å². The maximum atomic E-state index is 5.03. The summed E-state index contributed by atoms with van der Waals surface area (Å²) in [5, 5.41) is 7.69. The molecule has 4 aromatic heterocycles. The summed E-state index contributed by atoms with van der Waals surface area (Å²) in [7, 11) is 0. The highest BCUT2D eigenvalue weighted by Gasteiger charge is 2.20. The number of aromatic nitrogens is 3. The third kappa shape index (κ3) is 2.75. The van der Waals surface area contributed by atoms with Gasteiger partial charge in [-0.05, 0) is 29.8 Å². The molecule has 1 aliphatic heterocycles. The zero-order valence-electron chi connectivity index (χ0n) is 14.7. The van der Waals surface area contributed by atoms with Crippen molar-refractivity contribution in [2.45, 2.75) is 13.5 Å². The van der Waals surface area contributed by atoms with Gasteiger partial charge in [-0.25, -0.2) is 9.97 Å². The van der Waals surface area contributed by atoms with Crippen LogP contribution in [0.25, 0.3) is 32.0 Å². The van der Waals surface area contributed by atoms with Gasteiger partial charge in [0.2, 0.25) is 0 Å². The maximum Gasteiger partial charge on any atom is 0.151 e. The van der Waals surface area contributed by atoms with Crippen molar-refractivity contribution in [3.05, 3.63) is 34.7 Å². The van der Waals surface area contributed by atoms with E-state index in [1.807, 2.05) is 0 Å². The molecule has 0 amide bonds. The van der Waals surface area contributed by atoms with Crippen LogP contribution in [0, 0.1) is 6.92 Å². The highest BCUT2D eigenvalue weighted by Crippen LogP contribution is 2.35. The zero-order valence-corrected chi connectivity index (χ0v) is 16.4. The molecule has 0 aromatic carbocycles. The number of imidazole rings is 1. The second-order valence-corrected chi connectivity index (χ2v) is 8.55. The zero-order chi connectivity index (χ0) is 17.5. The molecule has 0 unspecified atom stereocenters. The Kier molecular flexibility index (Phi) is 4.24. The fourth-order valence-electron chi connectivity index (χ4n) is 3.72. The number of rotatable bonds is 4. The van der Waals surface area contributed by atoms with Crippen LogP contribution in [0.15, 0.2) is 29.0 Å². The molecule has 1 saturated heterocycles. The number of piperazine rings is 1. The van der Waals surface area contributed by atoms with Crippen LogP contribution in [-0.4, -0.2) is 52.2 Å². The SMILES string of the molecule is Cc1nc2ccsc2c2c1nc(-c1cccs1)n2CCN1CCNCC1. The van der Waals surface area contributed by atoms with Crippen molar-refractivity contribution in [1.29, 1.82) is 0 Å². The van der Waals surface area contributed by atoms with Gasteiger partial charge in [-0.1, -0.05) is 6.07 Å². The number of fused-ring (bicyclic) bond motifs is 3. The summed E-state index contributed by atoms with van der Waals surface area (Å²) in [6, 6.07) is 6.39. The van der Waals surface area contributed by atoms with E-state index in [0.29, 0.717) is 0 Å². The average molecular weight is 384 g/mol. The van der Waals surface area contributed by atoms with E-state index in [1.54, 1.807) is 22.7 Å². The van der Waals surface area contributed by atoms with Gasteiger partial charge in [0.05, 0.1) is 26.3 Å². The van der Waals surface area contributed by atoms with Crippen molar-refractivity contribution in [3.8, 4) is 10.7 Å². The van der Waals surface area contributed by atoms with Crippen molar-refractivity contribution in [2.24, 2.45) is 0 Å². The molecular weight excluding hydrogens is 362 g/mol. The molecule has 0 saturated carbocycles. The lowest BCUT2D eigenvalue weighted by Crippen LogP contribution is -2.44. The standard InChI is InChI=1S/C19H21N5S2/c1-13-16-17(18-14(21-13)4-12-26-18)24(10-9-23-7-5-20-6-8-23)19(22-16)15-3-2-11-25-15/h2-4,11-12,20H,5-10H2,1H3. The first-order chi connectivity index (χ1) is 12.8. The molecule has 0 spiro atoms. The molecule has 4 aromatic rings. The fourth-order valence-corrected chi connectivity index (χ4v) is 5.33. The van der Waals surface area contributed by atoms with E-state index >= 15 is 0 Å². The maximum absolute atomic E-state index is 5.03. The second-order valence-electron chi connectivity index (χ2n) is 6.69. The van der Waals surface area contributed by atoms with Gasteiger partial charge in [0.25, 0.3) is 0 Å². The monoisotopic (exact) mass is 383 g/mol. The van der Waals surface area contributed by atoms with Crippen molar-refractivity contribution >= 4 is 43.9 Å². The lowest BCUT2D eigenvalue weighted by molar-refractivity contribution is 0.234. The predicted octanol–water partition coefficient (Wildman–Crippen LogP) is 3.59. The topological polar surface area (TPSA) is 46.0 Å². The first-order valence-electron chi connectivity index (χ1n) is 9.02. The van der Waals surface area contributed by atoms with Gasteiger partial charge in [0.1, 0.15) is 5.52 Å². The van der Waals surface area contributed by atoms with Crippen LogP contribution >= 0.6 is 22.7 Å². The molecule has 1 N–H and O–H groups in total. The van der Waals surface area contributed by atoms with E-state index < -0.39 is 0 Å². The highest BCUT2D eigenvalue weighted by atomic mass is 32.1. The molecule has 0 aliphatic carbocycles. The number of nitrogens with zero attached hydrogens (tertiary/aromatic N) is 4. The lowest BCUT2D eigenvalue weighted by atomic mass is 10.3. The van der Waals surface area contributed by atoms with Crippen LogP contribution in [-0.2, 0) is 6.54 Å². The van der Waals surface area contributed by atoms with Crippen molar-refractivity contribution < 1.29 is 0 Å². The smallest absolute Gasteiger partial charge is 0.151 e. The molecule has 5 heterocycles. The molecule has 0 radical (unpaired) electrons. The van der Waals surface area contributed by atoms with Gasteiger partial charge in [0, 0.05) is 39.3 Å². The first kappa shape index (κ1) is 16.4. The summed E-state index contributed by atoms with van der Waals surface area (Å²) in [5.74, 6) is 1.08. The largest absolute Gasteiger partial charge is 0.321 e. The number of aryl methyl sites for hydroxylation is 1. The molecule has 5 rings (SSSR count). The minimum Gasteiger partial charge on any atom is -0.321 e. The number of pyridine rings is 1. The summed E-state index contributed by atoms with van der Waals surface area (Å²) >= 11 is 3.52. The normalized spacial score (nSPS) is 16.0. The third-order valence-electron chi connectivity index (χ3n) is 5.05. The summed E-state index contributed by atoms with van der Waals surface area (Å²) in [4.78, 5) is 13.6. The van der Waals surface area contributed by atoms with Gasteiger partial charge < -0.3 is 9.88 Å². The third-order valence-corrected chi connectivity index (χ3v) is 6.83. The summed E-state index contributed by atoms with van der Waals surface area (Å²) in [5.41, 5.74) is 4.40. The Morgan fingerprint density at radius 1 is 1.08 bits per heavy atom. The van der Waals surface area contributed by atoms with Crippen LogP contribution in [0.1, 0.15) is 5.69 Å². The van der Waals surface area contributed by atoms with Crippen molar-refractivity contribution in [3.63, 3.8) is 0 Å². The Morgan fingerprint density at radius 2 is 1.96 bits per heavy atom. The molecule has 26 heavy (non-hydrogen) atoms. The molecule has 7 heteroatoms. The van der Waals surface area contributed by atoms with E-state index in [0.717, 1.165) is 61.8 Å². The molecule has 1 fully saturated rings. The van der Waals surface area contributed by atoms with Gasteiger partial charge in [-0.2, -0.15) is 0 Å². The molecule has 134 valence electrons. The van der Waals surface area contributed by atoms with Gasteiger partial charge in [-0.15, -0.1) is 22.7 Å². The second kappa shape index (κ2) is 6.74. The molecule has 0 atom stereocenters. The number of thiophene rings is 2. The Balaban J connectivity index is 1.65.